The lowest BCUT2D eigenvalue weighted by molar-refractivity contribution is -0.385. The zero-order valence-corrected chi connectivity index (χ0v) is 11.8. The standard InChI is InChI=1S/C13H12BrN3O2/c1-9-6-11(14)8-16-13(9)15-7-10-4-2-3-5-12(10)17(18)19/h2-6,8H,7H2,1H3,(H,15,16). The second-order valence-electron chi connectivity index (χ2n) is 4.06. The van der Waals surface area contributed by atoms with Gasteiger partial charge in [-0.3, -0.25) is 10.1 Å². The first-order chi connectivity index (χ1) is 9.08. The molecule has 1 N–H and O–H groups in total. The van der Waals surface area contributed by atoms with Crippen LogP contribution in [0.3, 0.4) is 0 Å². The van der Waals surface area contributed by atoms with Crippen molar-refractivity contribution in [1.29, 1.82) is 0 Å². The predicted octanol–water partition coefficient (Wildman–Crippen LogP) is 3.67. The second-order valence-corrected chi connectivity index (χ2v) is 4.97. The summed E-state index contributed by atoms with van der Waals surface area (Å²) in [5.74, 6) is 0.723. The van der Waals surface area contributed by atoms with Gasteiger partial charge in [0.05, 0.1) is 4.92 Å². The van der Waals surface area contributed by atoms with Gasteiger partial charge < -0.3 is 5.32 Å². The van der Waals surface area contributed by atoms with Gasteiger partial charge in [-0.2, -0.15) is 0 Å². The molecule has 0 unspecified atom stereocenters. The fourth-order valence-electron chi connectivity index (χ4n) is 1.74. The number of nitrogens with zero attached hydrogens (tertiary/aromatic N) is 2. The second kappa shape index (κ2) is 5.79. The van der Waals surface area contributed by atoms with Gasteiger partial charge in [0.2, 0.25) is 0 Å². The van der Waals surface area contributed by atoms with Crippen LogP contribution >= 0.6 is 15.9 Å². The number of anilines is 1. The molecule has 19 heavy (non-hydrogen) atoms. The molecule has 0 bridgehead atoms. The molecule has 1 heterocycles. The molecule has 1 aromatic heterocycles. The highest BCUT2D eigenvalue weighted by Crippen LogP contribution is 2.21. The highest BCUT2D eigenvalue weighted by molar-refractivity contribution is 9.10. The maximum atomic E-state index is 10.9. The highest BCUT2D eigenvalue weighted by atomic mass is 79.9. The minimum Gasteiger partial charge on any atom is -0.366 e. The number of para-hydroxylation sites is 1. The van der Waals surface area contributed by atoms with Crippen LogP contribution in [0.15, 0.2) is 41.0 Å². The predicted molar refractivity (Wildman–Crippen MR) is 77.1 cm³/mol. The van der Waals surface area contributed by atoms with Gasteiger partial charge in [0.25, 0.3) is 5.69 Å². The molecule has 0 saturated carbocycles. The number of aryl methyl sites for hydroxylation is 1. The van der Waals surface area contributed by atoms with E-state index in [4.69, 9.17) is 0 Å². The Kier molecular flexibility index (Phi) is 4.11. The molecule has 0 spiro atoms. The Hall–Kier alpha value is -1.95. The first-order valence-corrected chi connectivity index (χ1v) is 6.45. The Balaban J connectivity index is 2.17. The number of nitrogens with one attached hydrogen (secondary N) is 1. The van der Waals surface area contributed by atoms with E-state index < -0.39 is 0 Å². The Morgan fingerprint density at radius 3 is 2.84 bits per heavy atom. The molecule has 0 aliphatic rings. The highest BCUT2D eigenvalue weighted by Gasteiger charge is 2.12. The van der Waals surface area contributed by atoms with E-state index in [9.17, 15) is 10.1 Å². The summed E-state index contributed by atoms with van der Waals surface area (Å²) in [5, 5.41) is 14.0. The van der Waals surface area contributed by atoms with Crippen LogP contribution in [0, 0.1) is 17.0 Å². The summed E-state index contributed by atoms with van der Waals surface area (Å²) in [5.41, 5.74) is 1.73. The van der Waals surface area contributed by atoms with Crippen LogP contribution in [-0.4, -0.2) is 9.91 Å². The monoisotopic (exact) mass is 321 g/mol. The Labute approximate surface area is 119 Å². The largest absolute Gasteiger partial charge is 0.366 e. The van der Waals surface area contributed by atoms with Gasteiger partial charge in [0.1, 0.15) is 5.82 Å². The third kappa shape index (κ3) is 3.29. The van der Waals surface area contributed by atoms with Crippen molar-refractivity contribution in [2.24, 2.45) is 0 Å². The molecule has 2 aromatic rings. The zero-order valence-electron chi connectivity index (χ0n) is 10.3. The molecule has 2 rings (SSSR count). The van der Waals surface area contributed by atoms with Crippen molar-refractivity contribution >= 4 is 27.4 Å². The van der Waals surface area contributed by atoms with Crippen molar-refractivity contribution < 1.29 is 4.92 Å². The molecule has 1 aromatic carbocycles. The van der Waals surface area contributed by atoms with E-state index in [2.05, 4.69) is 26.2 Å². The van der Waals surface area contributed by atoms with E-state index in [-0.39, 0.29) is 10.6 Å². The normalized spacial score (nSPS) is 10.2. The van der Waals surface area contributed by atoms with Crippen LogP contribution in [0.5, 0.6) is 0 Å². The fourth-order valence-corrected chi connectivity index (χ4v) is 2.19. The molecule has 0 atom stereocenters. The molecule has 5 nitrogen and oxygen atoms in total. The number of nitro benzene ring substituents is 1. The topological polar surface area (TPSA) is 68.1 Å². The lowest BCUT2D eigenvalue weighted by Crippen LogP contribution is -2.05. The summed E-state index contributed by atoms with van der Waals surface area (Å²) in [6.07, 6.45) is 1.69. The first kappa shape index (κ1) is 13.5. The summed E-state index contributed by atoms with van der Waals surface area (Å²) in [6, 6.07) is 8.61. The van der Waals surface area contributed by atoms with Crippen LogP contribution in [0.2, 0.25) is 0 Å². The Morgan fingerprint density at radius 1 is 1.42 bits per heavy atom. The van der Waals surface area contributed by atoms with E-state index in [1.54, 1.807) is 24.4 Å². The van der Waals surface area contributed by atoms with Crippen molar-refractivity contribution in [3.63, 3.8) is 0 Å². The van der Waals surface area contributed by atoms with Crippen molar-refractivity contribution in [2.45, 2.75) is 13.5 Å². The van der Waals surface area contributed by atoms with Gasteiger partial charge in [-0.1, -0.05) is 18.2 Å². The molecule has 0 saturated heterocycles. The molecular weight excluding hydrogens is 310 g/mol. The average Bonchev–Trinajstić information content (AvgIpc) is 2.38. The third-order valence-corrected chi connectivity index (χ3v) is 3.11. The van der Waals surface area contributed by atoms with Gasteiger partial charge in [-0.15, -0.1) is 0 Å². The third-order valence-electron chi connectivity index (χ3n) is 2.68. The minimum atomic E-state index is -0.376. The van der Waals surface area contributed by atoms with Crippen molar-refractivity contribution in [1.82, 2.24) is 4.98 Å². The number of aromatic nitrogens is 1. The lowest BCUT2D eigenvalue weighted by atomic mass is 10.2. The Morgan fingerprint density at radius 2 is 2.16 bits per heavy atom. The van der Waals surface area contributed by atoms with Gasteiger partial charge in [-0.05, 0) is 34.5 Å². The lowest BCUT2D eigenvalue weighted by Gasteiger charge is -2.09. The van der Waals surface area contributed by atoms with Crippen molar-refractivity contribution in [3.8, 4) is 0 Å². The number of rotatable bonds is 4. The minimum absolute atomic E-state index is 0.116. The molecule has 0 aliphatic carbocycles. The van der Waals surface area contributed by atoms with Crippen molar-refractivity contribution in [3.05, 3.63) is 62.2 Å². The van der Waals surface area contributed by atoms with Crippen LogP contribution in [0.25, 0.3) is 0 Å². The summed E-state index contributed by atoms with van der Waals surface area (Å²) in [6.45, 7) is 2.30. The molecule has 98 valence electrons. The SMILES string of the molecule is Cc1cc(Br)cnc1NCc1ccccc1[N+](=O)[O-]. The van der Waals surface area contributed by atoms with Crippen molar-refractivity contribution in [2.75, 3.05) is 5.32 Å². The number of pyridine rings is 1. The van der Waals surface area contributed by atoms with Gasteiger partial charge in [0, 0.05) is 28.8 Å². The summed E-state index contributed by atoms with van der Waals surface area (Å²) >= 11 is 3.34. The number of halogens is 1. The van der Waals surface area contributed by atoms with E-state index in [1.165, 1.54) is 6.07 Å². The number of benzene rings is 1. The van der Waals surface area contributed by atoms with Gasteiger partial charge in [-0.25, -0.2) is 4.98 Å². The van der Waals surface area contributed by atoms with Gasteiger partial charge >= 0.3 is 0 Å². The van der Waals surface area contributed by atoms with E-state index >= 15 is 0 Å². The zero-order chi connectivity index (χ0) is 13.8. The smallest absolute Gasteiger partial charge is 0.274 e. The first-order valence-electron chi connectivity index (χ1n) is 5.66. The van der Waals surface area contributed by atoms with E-state index in [1.807, 2.05) is 13.0 Å². The number of hydrogen-bond acceptors (Lipinski definition) is 4. The summed E-state index contributed by atoms with van der Waals surface area (Å²) in [7, 11) is 0. The molecule has 0 radical (unpaired) electrons. The average molecular weight is 322 g/mol. The van der Waals surface area contributed by atoms with Gasteiger partial charge in [0.15, 0.2) is 0 Å². The quantitative estimate of drug-likeness (QED) is 0.689. The number of nitro groups is 1. The number of hydrogen-bond donors (Lipinski definition) is 1. The molecule has 0 fully saturated rings. The summed E-state index contributed by atoms with van der Waals surface area (Å²) in [4.78, 5) is 14.8. The molecular formula is C13H12BrN3O2. The molecule has 0 aliphatic heterocycles. The summed E-state index contributed by atoms with van der Waals surface area (Å²) < 4.78 is 0.904. The molecule has 6 heteroatoms. The Bertz CT molecular complexity index is 617. The fraction of sp³-hybridized carbons (Fsp3) is 0.154. The van der Waals surface area contributed by atoms with Crippen LogP contribution < -0.4 is 5.32 Å². The maximum Gasteiger partial charge on any atom is 0.274 e. The van der Waals surface area contributed by atoms with Crippen LogP contribution in [-0.2, 0) is 6.54 Å². The maximum absolute atomic E-state index is 10.9. The van der Waals surface area contributed by atoms with Crippen LogP contribution in [0.1, 0.15) is 11.1 Å². The van der Waals surface area contributed by atoms with E-state index in [0.29, 0.717) is 12.1 Å². The van der Waals surface area contributed by atoms with Crippen LogP contribution in [0.4, 0.5) is 11.5 Å². The molecule has 0 amide bonds. The van der Waals surface area contributed by atoms with E-state index in [0.717, 1.165) is 15.9 Å².